The first kappa shape index (κ1) is 13.8. The number of likely N-dealkylation sites (N-methyl/N-ethyl adjacent to an activating group) is 1. The number of carbonyl (C=O) groups is 1. The van der Waals surface area contributed by atoms with E-state index in [2.05, 4.69) is 5.32 Å². The molecule has 1 amide bonds. The van der Waals surface area contributed by atoms with Crippen molar-refractivity contribution in [3.63, 3.8) is 0 Å². The highest BCUT2D eigenvalue weighted by molar-refractivity contribution is 5.85. The summed E-state index contributed by atoms with van der Waals surface area (Å²) in [6, 6.07) is 4.94. The predicted octanol–water partition coefficient (Wildman–Crippen LogP) is 1.37. The number of carbonyl (C=O) groups excluding carboxylic acids is 1. The Morgan fingerprint density at radius 1 is 1.58 bits per heavy atom. The number of nitrogens with one attached hydrogen (secondary N) is 1. The second-order valence-electron chi connectivity index (χ2n) is 5.04. The molecule has 1 aromatic carbocycles. The van der Waals surface area contributed by atoms with E-state index in [1.54, 1.807) is 32.2 Å². The van der Waals surface area contributed by atoms with Gasteiger partial charge in [-0.1, -0.05) is 12.1 Å². The van der Waals surface area contributed by atoms with Crippen molar-refractivity contribution in [1.82, 2.24) is 5.32 Å². The van der Waals surface area contributed by atoms with Crippen LogP contribution in [0.2, 0.25) is 0 Å². The number of ether oxygens (including phenoxy) is 1. The van der Waals surface area contributed by atoms with E-state index in [4.69, 9.17) is 10.5 Å². The molecule has 1 atom stereocenters. The van der Waals surface area contributed by atoms with Crippen LogP contribution in [0.15, 0.2) is 18.2 Å². The maximum atomic E-state index is 13.8. The summed E-state index contributed by atoms with van der Waals surface area (Å²) in [6.07, 6.45) is 1.87. The Bertz CT molecular complexity index is 488. The molecule has 3 N–H and O–H groups in total. The molecule has 1 fully saturated rings. The van der Waals surface area contributed by atoms with Gasteiger partial charge in [0.2, 0.25) is 5.91 Å². The summed E-state index contributed by atoms with van der Waals surface area (Å²) in [5.74, 6) is -0.525. The van der Waals surface area contributed by atoms with Crippen molar-refractivity contribution in [2.45, 2.75) is 25.3 Å². The smallest absolute Gasteiger partial charge is 0.241 e. The summed E-state index contributed by atoms with van der Waals surface area (Å²) in [7, 11) is 1.68. The first-order chi connectivity index (χ1) is 9.01. The van der Waals surface area contributed by atoms with Gasteiger partial charge in [0.25, 0.3) is 0 Å². The van der Waals surface area contributed by atoms with Gasteiger partial charge in [0.15, 0.2) is 11.6 Å². The van der Waals surface area contributed by atoms with Crippen LogP contribution in [-0.2, 0) is 4.79 Å². The summed E-state index contributed by atoms with van der Waals surface area (Å²) in [5.41, 5.74) is 5.09. The van der Waals surface area contributed by atoms with Gasteiger partial charge in [-0.25, -0.2) is 4.39 Å². The third kappa shape index (κ3) is 2.56. The minimum absolute atomic E-state index is 0.0455. The molecule has 1 saturated carbocycles. The van der Waals surface area contributed by atoms with E-state index in [1.807, 2.05) is 0 Å². The number of hydrogen-bond donors (Lipinski definition) is 2. The molecular formula is C14H19FN2O2. The van der Waals surface area contributed by atoms with Crippen LogP contribution in [0.4, 0.5) is 4.39 Å². The molecule has 0 radical (unpaired) electrons. The quantitative estimate of drug-likeness (QED) is 0.817. The fourth-order valence-corrected chi connectivity index (χ4v) is 2.29. The summed E-state index contributed by atoms with van der Waals surface area (Å²) >= 11 is 0. The van der Waals surface area contributed by atoms with Gasteiger partial charge in [-0.05, 0) is 44.4 Å². The number of hydrogen-bond acceptors (Lipinski definition) is 3. The molecular weight excluding hydrogens is 247 g/mol. The van der Waals surface area contributed by atoms with Gasteiger partial charge < -0.3 is 15.8 Å². The zero-order chi connectivity index (χ0) is 14.0. The zero-order valence-corrected chi connectivity index (χ0v) is 11.2. The Kier molecular flexibility index (Phi) is 3.75. The Labute approximate surface area is 112 Å². The Hall–Kier alpha value is -1.62. The monoisotopic (exact) mass is 266 g/mol. The lowest BCUT2D eigenvalue weighted by Crippen LogP contribution is -2.59. The van der Waals surface area contributed by atoms with Crippen molar-refractivity contribution in [2.75, 3.05) is 13.7 Å². The number of halogens is 1. The minimum atomic E-state index is -0.907. The van der Waals surface area contributed by atoms with E-state index in [0.717, 1.165) is 12.8 Å². The second-order valence-corrected chi connectivity index (χ2v) is 5.04. The van der Waals surface area contributed by atoms with E-state index >= 15 is 0 Å². The summed E-state index contributed by atoms with van der Waals surface area (Å²) in [6.45, 7) is 1.71. The molecule has 5 heteroatoms. The Morgan fingerprint density at radius 3 is 2.79 bits per heavy atom. The lowest BCUT2D eigenvalue weighted by atomic mass is 9.93. The molecule has 0 heterocycles. The Morgan fingerprint density at radius 2 is 2.26 bits per heavy atom. The van der Waals surface area contributed by atoms with Crippen LogP contribution in [0.25, 0.3) is 0 Å². The highest BCUT2D eigenvalue weighted by Crippen LogP contribution is 2.40. The SMILES string of the molecule is CNC(COc1cccc(C)c1F)(C(N)=O)C1CC1. The van der Waals surface area contributed by atoms with Gasteiger partial charge in [-0.3, -0.25) is 4.79 Å². The lowest BCUT2D eigenvalue weighted by molar-refractivity contribution is -0.126. The number of benzene rings is 1. The summed E-state index contributed by atoms with van der Waals surface area (Å²) in [4.78, 5) is 11.7. The van der Waals surface area contributed by atoms with Crippen molar-refractivity contribution in [2.24, 2.45) is 11.7 Å². The van der Waals surface area contributed by atoms with E-state index in [9.17, 15) is 9.18 Å². The standard InChI is InChI=1S/C14H19FN2O2/c1-9-4-3-5-11(12(9)15)19-8-14(17-2,13(16)18)10-6-7-10/h3-5,10,17H,6-8H2,1-2H3,(H2,16,18). The van der Waals surface area contributed by atoms with Gasteiger partial charge >= 0.3 is 0 Å². The molecule has 0 bridgehead atoms. The largest absolute Gasteiger partial charge is 0.488 e. The third-order valence-electron chi connectivity index (χ3n) is 3.77. The number of primary amides is 1. The van der Waals surface area contributed by atoms with Gasteiger partial charge in [0, 0.05) is 0 Å². The van der Waals surface area contributed by atoms with Gasteiger partial charge in [-0.15, -0.1) is 0 Å². The molecule has 0 aromatic heterocycles. The summed E-state index contributed by atoms with van der Waals surface area (Å²) in [5, 5.41) is 2.96. The summed E-state index contributed by atoms with van der Waals surface area (Å²) < 4.78 is 19.3. The molecule has 2 rings (SSSR count). The molecule has 1 aliphatic carbocycles. The van der Waals surface area contributed by atoms with Gasteiger partial charge in [0.05, 0.1) is 0 Å². The van der Waals surface area contributed by atoms with E-state index in [0.29, 0.717) is 5.56 Å². The Balaban J connectivity index is 2.15. The van der Waals surface area contributed by atoms with Gasteiger partial charge in [0.1, 0.15) is 12.1 Å². The highest BCUT2D eigenvalue weighted by Gasteiger charge is 2.49. The lowest BCUT2D eigenvalue weighted by Gasteiger charge is -2.30. The second kappa shape index (κ2) is 5.17. The number of rotatable bonds is 6. The van der Waals surface area contributed by atoms with Crippen LogP contribution in [0.5, 0.6) is 5.75 Å². The predicted molar refractivity (Wildman–Crippen MR) is 70.3 cm³/mol. The zero-order valence-electron chi connectivity index (χ0n) is 11.2. The van der Waals surface area contributed by atoms with Crippen LogP contribution in [0.3, 0.4) is 0 Å². The van der Waals surface area contributed by atoms with E-state index < -0.39 is 17.3 Å². The molecule has 1 unspecified atom stereocenters. The fourth-order valence-electron chi connectivity index (χ4n) is 2.29. The third-order valence-corrected chi connectivity index (χ3v) is 3.77. The van der Waals surface area contributed by atoms with Crippen LogP contribution in [0.1, 0.15) is 18.4 Å². The number of amides is 1. The minimum Gasteiger partial charge on any atom is -0.488 e. The first-order valence-electron chi connectivity index (χ1n) is 6.38. The fraction of sp³-hybridized carbons (Fsp3) is 0.500. The molecule has 4 nitrogen and oxygen atoms in total. The maximum absolute atomic E-state index is 13.8. The average Bonchev–Trinajstić information content (AvgIpc) is 3.20. The van der Waals surface area contributed by atoms with Gasteiger partial charge in [-0.2, -0.15) is 0 Å². The van der Waals surface area contributed by atoms with Crippen molar-refractivity contribution in [3.8, 4) is 5.75 Å². The molecule has 1 aromatic rings. The molecule has 104 valence electrons. The van der Waals surface area contributed by atoms with Crippen molar-refractivity contribution >= 4 is 5.91 Å². The molecule has 1 aliphatic rings. The van der Waals surface area contributed by atoms with Crippen LogP contribution < -0.4 is 15.8 Å². The topological polar surface area (TPSA) is 64.3 Å². The molecule has 0 spiro atoms. The van der Waals surface area contributed by atoms with Crippen LogP contribution >= 0.6 is 0 Å². The molecule has 0 aliphatic heterocycles. The highest BCUT2D eigenvalue weighted by atomic mass is 19.1. The molecule has 19 heavy (non-hydrogen) atoms. The van der Waals surface area contributed by atoms with E-state index in [-0.39, 0.29) is 18.3 Å². The normalized spacial score (nSPS) is 17.8. The number of aryl methyl sites for hydroxylation is 1. The molecule has 0 saturated heterocycles. The van der Waals surface area contributed by atoms with E-state index in [1.165, 1.54) is 0 Å². The van der Waals surface area contributed by atoms with Crippen molar-refractivity contribution in [3.05, 3.63) is 29.6 Å². The van der Waals surface area contributed by atoms with Crippen LogP contribution in [-0.4, -0.2) is 25.1 Å². The van der Waals surface area contributed by atoms with Crippen molar-refractivity contribution in [1.29, 1.82) is 0 Å². The van der Waals surface area contributed by atoms with Crippen molar-refractivity contribution < 1.29 is 13.9 Å². The first-order valence-corrected chi connectivity index (χ1v) is 6.38. The maximum Gasteiger partial charge on any atom is 0.241 e. The number of nitrogens with two attached hydrogens (primary N) is 1. The van der Waals surface area contributed by atoms with Crippen LogP contribution in [0, 0.1) is 18.7 Å². The average molecular weight is 266 g/mol.